The van der Waals surface area contributed by atoms with E-state index in [0.29, 0.717) is 0 Å². The van der Waals surface area contributed by atoms with Crippen molar-refractivity contribution in [3.8, 4) is 5.75 Å². The molecule has 148 valence electrons. The maximum atomic E-state index is 6.07. The number of hydrogen-bond acceptors (Lipinski definition) is 2. The van der Waals surface area contributed by atoms with Crippen molar-refractivity contribution in [2.45, 2.75) is 51.9 Å². The first-order valence-electron chi connectivity index (χ1n) is 10.6. The normalized spacial score (nSPS) is 14.7. The zero-order valence-electron chi connectivity index (χ0n) is 17.4. The molecular formula is C25H32N2O. The topological polar surface area (TPSA) is 37.0 Å². The van der Waals surface area contributed by atoms with Crippen molar-refractivity contribution in [2.75, 3.05) is 19.7 Å². The Morgan fingerprint density at radius 3 is 2.68 bits per heavy atom. The largest absolute Gasteiger partial charge is 0.494 e. The second kappa shape index (κ2) is 8.00. The number of aryl methyl sites for hydroxylation is 1. The molecule has 1 aliphatic rings. The highest BCUT2D eigenvalue weighted by Crippen LogP contribution is 2.29. The van der Waals surface area contributed by atoms with Crippen LogP contribution < -0.4 is 10.1 Å². The first-order valence-corrected chi connectivity index (χ1v) is 10.6. The summed E-state index contributed by atoms with van der Waals surface area (Å²) in [5.74, 6) is 0.979. The van der Waals surface area contributed by atoms with Crippen LogP contribution in [0.5, 0.6) is 5.75 Å². The lowest BCUT2D eigenvalue weighted by atomic mass is 9.87. The van der Waals surface area contributed by atoms with Crippen LogP contribution in [-0.2, 0) is 24.7 Å². The van der Waals surface area contributed by atoms with E-state index in [0.717, 1.165) is 51.1 Å². The second-order valence-electron chi connectivity index (χ2n) is 8.90. The summed E-state index contributed by atoms with van der Waals surface area (Å²) in [6.07, 6.45) is 4.28. The van der Waals surface area contributed by atoms with Gasteiger partial charge in [-0.25, -0.2) is 0 Å². The van der Waals surface area contributed by atoms with Gasteiger partial charge in [0, 0.05) is 29.6 Å². The molecule has 0 radical (unpaired) electrons. The third-order valence-corrected chi connectivity index (χ3v) is 5.77. The molecule has 0 spiro atoms. The van der Waals surface area contributed by atoms with E-state index in [1.807, 2.05) is 0 Å². The Balaban J connectivity index is 1.43. The van der Waals surface area contributed by atoms with Gasteiger partial charge in [-0.15, -0.1) is 0 Å². The van der Waals surface area contributed by atoms with Gasteiger partial charge in [-0.1, -0.05) is 45.0 Å². The number of aromatic nitrogens is 1. The van der Waals surface area contributed by atoms with Crippen LogP contribution in [-0.4, -0.2) is 24.7 Å². The van der Waals surface area contributed by atoms with Crippen LogP contribution in [0.2, 0.25) is 0 Å². The van der Waals surface area contributed by atoms with Crippen LogP contribution in [0.15, 0.2) is 42.5 Å². The zero-order chi connectivity index (χ0) is 19.6. The van der Waals surface area contributed by atoms with Gasteiger partial charge in [-0.2, -0.15) is 0 Å². The van der Waals surface area contributed by atoms with E-state index in [1.54, 1.807) is 0 Å². The first kappa shape index (κ1) is 19.1. The summed E-state index contributed by atoms with van der Waals surface area (Å²) in [7, 11) is 0. The highest BCUT2D eigenvalue weighted by atomic mass is 16.5. The monoisotopic (exact) mass is 376 g/mol. The third kappa shape index (κ3) is 4.10. The van der Waals surface area contributed by atoms with Crippen molar-refractivity contribution >= 4 is 10.9 Å². The quantitative estimate of drug-likeness (QED) is 0.603. The number of fused-ring (bicyclic) bond motifs is 3. The minimum absolute atomic E-state index is 0.149. The van der Waals surface area contributed by atoms with Gasteiger partial charge in [0.05, 0.1) is 6.61 Å². The highest BCUT2D eigenvalue weighted by molar-refractivity contribution is 5.88. The number of hydrogen-bond donors (Lipinski definition) is 2. The lowest BCUT2D eigenvalue weighted by Crippen LogP contribution is -2.16. The summed E-state index contributed by atoms with van der Waals surface area (Å²) in [6.45, 7) is 9.60. The van der Waals surface area contributed by atoms with Crippen LogP contribution in [0.3, 0.4) is 0 Å². The highest BCUT2D eigenvalue weighted by Gasteiger charge is 2.16. The van der Waals surface area contributed by atoms with E-state index in [2.05, 4.69) is 73.5 Å². The Labute approximate surface area is 168 Å². The van der Waals surface area contributed by atoms with E-state index < -0.39 is 0 Å². The molecule has 0 saturated carbocycles. The minimum atomic E-state index is 0.149. The van der Waals surface area contributed by atoms with Gasteiger partial charge in [0.1, 0.15) is 5.75 Å². The molecule has 4 rings (SSSR count). The molecule has 0 aliphatic carbocycles. The van der Waals surface area contributed by atoms with E-state index in [-0.39, 0.29) is 5.41 Å². The predicted octanol–water partition coefficient (Wildman–Crippen LogP) is 5.17. The second-order valence-corrected chi connectivity index (χ2v) is 8.90. The van der Waals surface area contributed by atoms with Crippen molar-refractivity contribution in [2.24, 2.45) is 0 Å². The van der Waals surface area contributed by atoms with Crippen molar-refractivity contribution in [3.05, 3.63) is 64.8 Å². The molecule has 3 nitrogen and oxygen atoms in total. The fraction of sp³-hybridized carbons (Fsp3) is 0.440. The summed E-state index contributed by atoms with van der Waals surface area (Å²) < 4.78 is 6.07. The van der Waals surface area contributed by atoms with Gasteiger partial charge in [-0.05, 0) is 66.1 Å². The lowest BCUT2D eigenvalue weighted by molar-refractivity contribution is 0.310. The van der Waals surface area contributed by atoms with E-state index in [9.17, 15) is 0 Å². The molecule has 0 fully saturated rings. The maximum absolute atomic E-state index is 6.07. The van der Waals surface area contributed by atoms with Crippen LogP contribution in [0.4, 0.5) is 0 Å². The van der Waals surface area contributed by atoms with Gasteiger partial charge in [0.25, 0.3) is 0 Å². The smallest absolute Gasteiger partial charge is 0.119 e. The van der Waals surface area contributed by atoms with Gasteiger partial charge in [-0.3, -0.25) is 0 Å². The number of nitrogens with one attached hydrogen (secondary N) is 2. The van der Waals surface area contributed by atoms with Gasteiger partial charge < -0.3 is 15.0 Å². The molecule has 0 atom stereocenters. The van der Waals surface area contributed by atoms with E-state index in [1.165, 1.54) is 33.3 Å². The zero-order valence-corrected chi connectivity index (χ0v) is 17.4. The molecule has 1 aromatic heterocycles. The predicted molar refractivity (Wildman–Crippen MR) is 118 cm³/mol. The summed E-state index contributed by atoms with van der Waals surface area (Å²) >= 11 is 0. The van der Waals surface area contributed by atoms with Crippen molar-refractivity contribution in [1.82, 2.24) is 10.3 Å². The average Bonchev–Trinajstić information content (AvgIpc) is 2.87. The molecule has 0 amide bonds. The Morgan fingerprint density at radius 2 is 1.82 bits per heavy atom. The summed E-state index contributed by atoms with van der Waals surface area (Å²) in [6, 6.07) is 15.2. The van der Waals surface area contributed by atoms with Crippen molar-refractivity contribution in [1.29, 1.82) is 0 Å². The summed E-state index contributed by atoms with van der Waals surface area (Å²) in [5.41, 5.74) is 7.15. The standard InChI is InChI=1S/C25H32N2O/c1-25(2,3)19-9-5-10-20(17-19)28-16-6-8-18-7-4-11-23-24(18)21-12-14-26-15-13-22(21)27-23/h4-5,7,9-11,17,26-27H,6,8,12-16H2,1-3H3. The number of H-pyrrole nitrogens is 1. The third-order valence-electron chi connectivity index (χ3n) is 5.77. The van der Waals surface area contributed by atoms with Crippen LogP contribution in [0.25, 0.3) is 10.9 Å². The van der Waals surface area contributed by atoms with Gasteiger partial charge >= 0.3 is 0 Å². The van der Waals surface area contributed by atoms with Gasteiger partial charge in [0.2, 0.25) is 0 Å². The summed E-state index contributed by atoms with van der Waals surface area (Å²) in [5, 5.41) is 4.96. The molecule has 0 bridgehead atoms. The Hall–Kier alpha value is -2.26. The molecule has 0 unspecified atom stereocenters. The SMILES string of the molecule is CC(C)(C)c1cccc(OCCCc2cccc3[nH]c4c(c23)CCNCC4)c1. The van der Waals surface area contributed by atoms with Crippen molar-refractivity contribution < 1.29 is 4.74 Å². The molecule has 28 heavy (non-hydrogen) atoms. The minimum Gasteiger partial charge on any atom is -0.494 e. The summed E-state index contributed by atoms with van der Waals surface area (Å²) in [4.78, 5) is 3.66. The molecule has 2 heterocycles. The Morgan fingerprint density at radius 1 is 1.00 bits per heavy atom. The molecule has 2 N–H and O–H groups in total. The van der Waals surface area contributed by atoms with E-state index in [4.69, 9.17) is 4.74 Å². The fourth-order valence-corrected chi connectivity index (χ4v) is 4.20. The van der Waals surface area contributed by atoms with Crippen molar-refractivity contribution in [3.63, 3.8) is 0 Å². The van der Waals surface area contributed by atoms with E-state index >= 15 is 0 Å². The maximum Gasteiger partial charge on any atom is 0.119 e. The van der Waals surface area contributed by atoms with Gasteiger partial charge in [0.15, 0.2) is 0 Å². The van der Waals surface area contributed by atoms with Crippen LogP contribution >= 0.6 is 0 Å². The molecule has 3 heteroatoms. The fourth-order valence-electron chi connectivity index (χ4n) is 4.20. The Kier molecular flexibility index (Phi) is 5.45. The molecule has 3 aromatic rings. The van der Waals surface area contributed by atoms with Crippen LogP contribution in [0.1, 0.15) is 49.6 Å². The molecule has 2 aromatic carbocycles. The average molecular weight is 377 g/mol. The number of ether oxygens (including phenoxy) is 1. The molecular weight excluding hydrogens is 344 g/mol. The molecule has 1 aliphatic heterocycles. The molecule has 0 saturated heterocycles. The number of benzene rings is 2. The lowest BCUT2D eigenvalue weighted by Gasteiger charge is -2.19. The Bertz CT molecular complexity index is 949. The number of aromatic amines is 1. The number of rotatable bonds is 5. The van der Waals surface area contributed by atoms with Crippen LogP contribution in [0, 0.1) is 0 Å². The first-order chi connectivity index (χ1) is 13.5.